The fourth-order valence-electron chi connectivity index (χ4n) is 2.26. The molecule has 106 valence electrons. The van der Waals surface area contributed by atoms with Crippen molar-refractivity contribution in [2.75, 3.05) is 4.90 Å². The van der Waals surface area contributed by atoms with E-state index >= 15 is 0 Å². The van der Waals surface area contributed by atoms with Crippen LogP contribution in [0, 0.1) is 0 Å². The van der Waals surface area contributed by atoms with E-state index in [9.17, 15) is 14.4 Å². The molecule has 6 nitrogen and oxygen atoms in total. The Morgan fingerprint density at radius 3 is 2.76 bits per heavy atom. The molecule has 1 amide bonds. The minimum Gasteiger partial charge on any atom is -0.478 e. The Morgan fingerprint density at radius 1 is 1.29 bits per heavy atom. The number of halogens is 1. The molecule has 2 heterocycles. The van der Waals surface area contributed by atoms with Gasteiger partial charge in [0.2, 0.25) is 0 Å². The third-order valence-corrected chi connectivity index (χ3v) is 3.86. The minimum atomic E-state index is -1.15. The second kappa shape index (κ2) is 4.85. The zero-order valence-corrected chi connectivity index (χ0v) is 12.1. The van der Waals surface area contributed by atoms with Crippen LogP contribution in [0.4, 0.5) is 5.69 Å². The van der Waals surface area contributed by atoms with Gasteiger partial charge in [-0.3, -0.25) is 14.5 Å². The van der Waals surface area contributed by atoms with Crippen molar-refractivity contribution in [3.8, 4) is 0 Å². The van der Waals surface area contributed by atoms with Gasteiger partial charge in [0.05, 0.1) is 24.1 Å². The summed E-state index contributed by atoms with van der Waals surface area (Å²) in [6.07, 6.45) is 1.24. The quantitative estimate of drug-likeness (QED) is 0.860. The Morgan fingerprint density at radius 2 is 2.05 bits per heavy atom. The van der Waals surface area contributed by atoms with E-state index in [4.69, 9.17) is 9.52 Å². The van der Waals surface area contributed by atoms with Gasteiger partial charge in [0, 0.05) is 4.47 Å². The Labute approximate surface area is 127 Å². The summed E-state index contributed by atoms with van der Waals surface area (Å²) in [6, 6.07) is 6.23. The molecule has 7 heteroatoms. The van der Waals surface area contributed by atoms with E-state index < -0.39 is 17.7 Å². The number of hydrogen-bond acceptors (Lipinski definition) is 4. The molecule has 3 rings (SSSR count). The van der Waals surface area contributed by atoms with Crippen LogP contribution in [0.3, 0.4) is 0 Å². The lowest BCUT2D eigenvalue weighted by Crippen LogP contribution is -2.29. The van der Waals surface area contributed by atoms with Crippen LogP contribution in [-0.4, -0.2) is 22.8 Å². The van der Waals surface area contributed by atoms with E-state index in [2.05, 4.69) is 15.9 Å². The van der Waals surface area contributed by atoms with E-state index in [0.29, 0.717) is 10.2 Å². The van der Waals surface area contributed by atoms with Crippen molar-refractivity contribution in [1.82, 2.24) is 0 Å². The zero-order chi connectivity index (χ0) is 15.1. The maximum atomic E-state index is 12.1. The monoisotopic (exact) mass is 349 g/mol. The number of nitrogens with zero attached hydrogens (tertiary/aromatic N) is 1. The Kier molecular flexibility index (Phi) is 3.13. The standard InChI is InChI=1S/C14H8BrNO5/c15-9-3-1-2-8-11(9)16(13(18)12(8)17)6-10-7(14(19)20)4-5-21-10/h1-5H,6H2,(H,19,20). The maximum Gasteiger partial charge on any atom is 0.339 e. The first kappa shape index (κ1) is 13.6. The van der Waals surface area contributed by atoms with Gasteiger partial charge in [-0.2, -0.15) is 0 Å². The van der Waals surface area contributed by atoms with Gasteiger partial charge in [-0.05, 0) is 34.1 Å². The molecule has 1 N–H and O–H groups in total. The third-order valence-electron chi connectivity index (χ3n) is 3.22. The first-order valence-electron chi connectivity index (χ1n) is 5.95. The molecule has 0 bridgehead atoms. The predicted octanol–water partition coefficient (Wildman–Crippen LogP) is 2.47. The summed E-state index contributed by atoms with van der Waals surface area (Å²) in [6.45, 7) is -0.116. The summed E-state index contributed by atoms with van der Waals surface area (Å²) in [5, 5.41) is 9.06. The fraction of sp³-hybridized carbons (Fsp3) is 0.0714. The molecule has 0 radical (unpaired) electrons. The van der Waals surface area contributed by atoms with Crippen molar-refractivity contribution in [3.63, 3.8) is 0 Å². The SMILES string of the molecule is O=C(O)c1ccoc1CN1C(=O)C(=O)c2cccc(Br)c21. The van der Waals surface area contributed by atoms with Crippen molar-refractivity contribution >= 4 is 39.3 Å². The summed E-state index contributed by atoms with van der Waals surface area (Å²) in [5.41, 5.74) is 0.689. The van der Waals surface area contributed by atoms with Gasteiger partial charge in [0.1, 0.15) is 11.3 Å². The van der Waals surface area contributed by atoms with Gasteiger partial charge in [0.25, 0.3) is 11.7 Å². The van der Waals surface area contributed by atoms with Crippen LogP contribution in [0.5, 0.6) is 0 Å². The van der Waals surface area contributed by atoms with Crippen molar-refractivity contribution in [1.29, 1.82) is 0 Å². The first-order valence-corrected chi connectivity index (χ1v) is 6.74. The number of furan rings is 1. The van der Waals surface area contributed by atoms with E-state index in [1.807, 2.05) is 0 Å². The Hall–Kier alpha value is -2.41. The normalized spacial score (nSPS) is 13.7. The number of carboxylic acid groups (broad SMARTS) is 1. The molecule has 0 atom stereocenters. The highest BCUT2D eigenvalue weighted by Crippen LogP contribution is 2.37. The highest BCUT2D eigenvalue weighted by Gasteiger charge is 2.38. The summed E-state index contributed by atoms with van der Waals surface area (Å²) < 4.78 is 5.71. The molecule has 0 spiro atoms. The number of benzene rings is 1. The molecule has 0 unspecified atom stereocenters. The summed E-state index contributed by atoms with van der Waals surface area (Å²) in [7, 11) is 0. The molecular formula is C14H8BrNO5. The predicted molar refractivity (Wildman–Crippen MR) is 75.3 cm³/mol. The van der Waals surface area contributed by atoms with Gasteiger partial charge >= 0.3 is 5.97 Å². The number of para-hydroxylation sites is 1. The molecule has 1 aliphatic heterocycles. The molecule has 0 fully saturated rings. The molecule has 2 aromatic rings. The number of Topliss-reactive ketones (excluding diaryl/α,β-unsaturated/α-hetero) is 1. The van der Waals surface area contributed by atoms with Crippen molar-refractivity contribution in [3.05, 3.63) is 51.9 Å². The first-order chi connectivity index (χ1) is 10.0. The fourth-order valence-corrected chi connectivity index (χ4v) is 2.84. The van der Waals surface area contributed by atoms with E-state index in [1.165, 1.54) is 17.2 Å². The van der Waals surface area contributed by atoms with Crippen LogP contribution in [-0.2, 0) is 11.3 Å². The number of hydrogen-bond donors (Lipinski definition) is 1. The van der Waals surface area contributed by atoms with Crippen LogP contribution in [0.25, 0.3) is 0 Å². The van der Waals surface area contributed by atoms with Crippen molar-refractivity contribution in [2.24, 2.45) is 0 Å². The smallest absolute Gasteiger partial charge is 0.339 e. The lowest BCUT2D eigenvalue weighted by molar-refractivity contribution is -0.114. The third kappa shape index (κ3) is 2.06. The summed E-state index contributed by atoms with van der Waals surface area (Å²) in [5.74, 6) is -2.35. The molecule has 1 aromatic carbocycles. The highest BCUT2D eigenvalue weighted by molar-refractivity contribution is 9.10. The summed E-state index contributed by atoms with van der Waals surface area (Å²) >= 11 is 3.30. The molecule has 1 aromatic heterocycles. The number of anilines is 1. The van der Waals surface area contributed by atoms with Crippen LogP contribution >= 0.6 is 15.9 Å². The largest absolute Gasteiger partial charge is 0.478 e. The molecule has 0 saturated carbocycles. The number of carbonyl (C=O) groups excluding carboxylic acids is 2. The second-order valence-electron chi connectivity index (χ2n) is 4.42. The number of carbonyl (C=O) groups is 3. The maximum absolute atomic E-state index is 12.1. The average molecular weight is 350 g/mol. The van der Waals surface area contributed by atoms with Crippen molar-refractivity contribution in [2.45, 2.75) is 6.54 Å². The van der Waals surface area contributed by atoms with Gasteiger partial charge in [-0.15, -0.1) is 0 Å². The molecule has 21 heavy (non-hydrogen) atoms. The average Bonchev–Trinajstić information content (AvgIpc) is 2.99. The van der Waals surface area contributed by atoms with Crippen LogP contribution < -0.4 is 4.90 Å². The van der Waals surface area contributed by atoms with Gasteiger partial charge in [0.15, 0.2) is 0 Å². The number of amides is 1. The van der Waals surface area contributed by atoms with Gasteiger partial charge in [-0.25, -0.2) is 4.79 Å². The topological polar surface area (TPSA) is 87.8 Å². The number of fused-ring (bicyclic) bond motifs is 1. The highest BCUT2D eigenvalue weighted by atomic mass is 79.9. The number of carboxylic acids is 1. The number of ketones is 1. The molecule has 0 saturated heterocycles. The summed E-state index contributed by atoms with van der Waals surface area (Å²) in [4.78, 5) is 36.3. The Bertz CT molecular complexity index is 779. The molecular weight excluding hydrogens is 342 g/mol. The van der Waals surface area contributed by atoms with E-state index in [1.54, 1.807) is 18.2 Å². The number of aromatic carboxylic acids is 1. The Balaban J connectivity index is 2.05. The lowest BCUT2D eigenvalue weighted by Gasteiger charge is -2.16. The number of rotatable bonds is 3. The van der Waals surface area contributed by atoms with Gasteiger partial charge < -0.3 is 9.52 Å². The lowest BCUT2D eigenvalue weighted by atomic mass is 10.1. The van der Waals surface area contributed by atoms with Crippen molar-refractivity contribution < 1.29 is 23.9 Å². The zero-order valence-electron chi connectivity index (χ0n) is 10.5. The van der Waals surface area contributed by atoms with Crippen LogP contribution in [0.2, 0.25) is 0 Å². The van der Waals surface area contributed by atoms with Crippen LogP contribution in [0.1, 0.15) is 26.5 Å². The van der Waals surface area contributed by atoms with Crippen LogP contribution in [0.15, 0.2) is 39.4 Å². The second-order valence-corrected chi connectivity index (χ2v) is 5.27. The molecule has 1 aliphatic rings. The van der Waals surface area contributed by atoms with E-state index in [0.717, 1.165) is 0 Å². The van der Waals surface area contributed by atoms with E-state index in [-0.39, 0.29) is 23.4 Å². The minimum absolute atomic E-state index is 0.0317. The molecule has 0 aliphatic carbocycles. The van der Waals surface area contributed by atoms with Gasteiger partial charge in [-0.1, -0.05) is 6.07 Å².